The van der Waals surface area contributed by atoms with E-state index in [0.29, 0.717) is 27.0 Å². The predicted octanol–water partition coefficient (Wildman–Crippen LogP) is 4.89. The first-order chi connectivity index (χ1) is 16.3. The van der Waals surface area contributed by atoms with E-state index in [4.69, 9.17) is 4.42 Å². The van der Waals surface area contributed by atoms with E-state index >= 15 is 0 Å². The fraction of sp³-hybridized carbons (Fsp3) is 0.0400. The van der Waals surface area contributed by atoms with E-state index in [1.165, 1.54) is 48.2 Å². The number of thioether (sulfide) groups is 1. The van der Waals surface area contributed by atoms with Gasteiger partial charge in [0, 0.05) is 34.7 Å². The van der Waals surface area contributed by atoms with Gasteiger partial charge < -0.3 is 24.8 Å². The van der Waals surface area contributed by atoms with Crippen molar-refractivity contribution in [1.82, 2.24) is 4.57 Å². The molecule has 0 spiro atoms. The maximum absolute atomic E-state index is 12.3. The number of carboxylic acid groups (broad SMARTS) is 1. The van der Waals surface area contributed by atoms with Gasteiger partial charge in [0.05, 0.1) is 16.1 Å². The first kappa shape index (κ1) is 21.5. The molecule has 8 nitrogen and oxygen atoms in total. The Kier molecular flexibility index (Phi) is 4.98. The van der Waals surface area contributed by atoms with Gasteiger partial charge in [-0.2, -0.15) is 0 Å². The molecule has 170 valence electrons. The van der Waals surface area contributed by atoms with Crippen LogP contribution in [-0.2, 0) is 0 Å². The Balaban J connectivity index is 1.84. The lowest BCUT2D eigenvalue weighted by Gasteiger charge is -2.18. The molecular formula is C25H17NO7S. The van der Waals surface area contributed by atoms with E-state index < -0.39 is 5.97 Å². The van der Waals surface area contributed by atoms with Crippen LogP contribution in [0.1, 0.15) is 10.4 Å². The zero-order valence-corrected chi connectivity index (χ0v) is 18.5. The van der Waals surface area contributed by atoms with Crippen molar-refractivity contribution in [3.8, 4) is 45.6 Å². The third-order valence-electron chi connectivity index (χ3n) is 5.58. The minimum atomic E-state index is -1.23. The zero-order valence-electron chi connectivity index (χ0n) is 17.6. The second-order valence-corrected chi connectivity index (χ2v) is 8.43. The van der Waals surface area contributed by atoms with Crippen molar-refractivity contribution in [2.24, 2.45) is 0 Å². The number of hydrogen-bond donors (Lipinski definition) is 4. The fourth-order valence-electron chi connectivity index (χ4n) is 4.09. The number of benzene rings is 3. The van der Waals surface area contributed by atoms with E-state index in [2.05, 4.69) is 0 Å². The summed E-state index contributed by atoms with van der Waals surface area (Å²) in [6.45, 7) is 0. The molecule has 4 N–H and O–H groups in total. The molecule has 1 aliphatic heterocycles. The molecule has 1 aliphatic carbocycles. The SMILES string of the molecule is CSc1cc(O)n(-c2ccc(-c3c4ccc(=O)cc-4oc4cc(O)ccc34)c(C(=O)O)c2)c1O. The van der Waals surface area contributed by atoms with E-state index in [0.717, 1.165) is 4.57 Å². The van der Waals surface area contributed by atoms with Gasteiger partial charge in [0.2, 0.25) is 5.88 Å². The number of aromatic nitrogens is 1. The number of hydrogen-bond acceptors (Lipinski definition) is 7. The molecule has 0 unspecified atom stereocenters. The molecule has 2 heterocycles. The normalized spacial score (nSPS) is 11.3. The largest absolute Gasteiger partial charge is 0.508 e. The third kappa shape index (κ3) is 3.34. The minimum absolute atomic E-state index is 0.0446. The van der Waals surface area contributed by atoms with Crippen LogP contribution in [0.25, 0.3) is 39.1 Å². The summed E-state index contributed by atoms with van der Waals surface area (Å²) >= 11 is 1.24. The summed E-state index contributed by atoms with van der Waals surface area (Å²) < 4.78 is 6.98. The summed E-state index contributed by atoms with van der Waals surface area (Å²) in [5.74, 6) is -1.47. The maximum atomic E-state index is 12.3. The van der Waals surface area contributed by atoms with Crippen molar-refractivity contribution in [2.75, 3.05) is 6.26 Å². The molecule has 2 aromatic carbocycles. The minimum Gasteiger partial charge on any atom is -0.508 e. The number of rotatable bonds is 4. The molecule has 0 fully saturated rings. The van der Waals surface area contributed by atoms with Gasteiger partial charge in [0.1, 0.15) is 17.1 Å². The second-order valence-electron chi connectivity index (χ2n) is 7.58. The van der Waals surface area contributed by atoms with Crippen LogP contribution in [0.3, 0.4) is 0 Å². The highest BCUT2D eigenvalue weighted by atomic mass is 32.2. The van der Waals surface area contributed by atoms with Crippen molar-refractivity contribution < 1.29 is 29.6 Å². The standard InChI is InChI=1S/C25H17NO7S/c1-34-21-11-22(29)26(24(21)30)12-2-5-15(18(8-12)25(31)32)23-16-6-3-13(27)9-19(16)33-20-10-14(28)4-7-17(20)23/h2-11,27,29-30H,1H3,(H,31,32). The van der Waals surface area contributed by atoms with Crippen LogP contribution in [0, 0.1) is 0 Å². The van der Waals surface area contributed by atoms with Crippen LogP contribution in [0.15, 0.2) is 74.8 Å². The fourth-order valence-corrected chi connectivity index (χ4v) is 4.58. The van der Waals surface area contributed by atoms with E-state index in [1.54, 1.807) is 30.5 Å². The first-order valence-corrected chi connectivity index (χ1v) is 11.3. The summed E-state index contributed by atoms with van der Waals surface area (Å²) in [6.07, 6.45) is 1.74. The van der Waals surface area contributed by atoms with Gasteiger partial charge in [-0.1, -0.05) is 6.07 Å². The quantitative estimate of drug-likeness (QED) is 0.213. The lowest BCUT2D eigenvalue weighted by molar-refractivity contribution is 0.0697. The van der Waals surface area contributed by atoms with Crippen molar-refractivity contribution in [3.05, 3.63) is 76.5 Å². The van der Waals surface area contributed by atoms with Gasteiger partial charge in [-0.05, 0) is 48.2 Å². The average molecular weight is 475 g/mol. The summed E-state index contributed by atoms with van der Waals surface area (Å²) in [5.41, 5.74) is 1.52. The molecule has 34 heavy (non-hydrogen) atoms. The molecule has 0 saturated heterocycles. The predicted molar refractivity (Wildman–Crippen MR) is 128 cm³/mol. The highest BCUT2D eigenvalue weighted by molar-refractivity contribution is 7.98. The molecule has 2 aliphatic rings. The zero-order chi connectivity index (χ0) is 24.1. The van der Waals surface area contributed by atoms with Gasteiger partial charge in [0.25, 0.3) is 0 Å². The average Bonchev–Trinajstić information content (AvgIpc) is 3.09. The Bertz CT molecular complexity index is 1630. The Morgan fingerprint density at radius 1 is 0.941 bits per heavy atom. The maximum Gasteiger partial charge on any atom is 0.336 e. The molecule has 5 rings (SSSR count). The molecule has 0 bridgehead atoms. The van der Waals surface area contributed by atoms with E-state index in [9.17, 15) is 30.0 Å². The Morgan fingerprint density at radius 3 is 2.41 bits per heavy atom. The van der Waals surface area contributed by atoms with Gasteiger partial charge in [0.15, 0.2) is 11.3 Å². The van der Waals surface area contributed by atoms with Crippen LogP contribution in [-0.4, -0.2) is 37.2 Å². The summed E-state index contributed by atoms with van der Waals surface area (Å²) in [5, 5.41) is 41.3. The van der Waals surface area contributed by atoms with Crippen LogP contribution in [0.2, 0.25) is 0 Å². The highest BCUT2D eigenvalue weighted by Gasteiger charge is 2.24. The molecule has 0 saturated carbocycles. The number of phenolic OH excluding ortho intramolecular Hbond substituents is 1. The summed E-state index contributed by atoms with van der Waals surface area (Å²) in [4.78, 5) is 24.7. The number of aromatic hydroxyl groups is 3. The molecule has 0 amide bonds. The third-order valence-corrected chi connectivity index (χ3v) is 6.32. The van der Waals surface area contributed by atoms with Gasteiger partial charge in [-0.15, -0.1) is 11.8 Å². The Labute approximate surface area is 196 Å². The van der Waals surface area contributed by atoms with Crippen molar-refractivity contribution in [3.63, 3.8) is 0 Å². The number of carboxylic acids is 1. The monoisotopic (exact) mass is 475 g/mol. The smallest absolute Gasteiger partial charge is 0.336 e. The molecule has 1 aromatic heterocycles. The van der Waals surface area contributed by atoms with Crippen molar-refractivity contribution in [2.45, 2.75) is 4.90 Å². The number of aromatic carboxylic acids is 1. The topological polar surface area (TPSA) is 133 Å². The lowest BCUT2D eigenvalue weighted by atomic mass is 9.90. The van der Waals surface area contributed by atoms with Crippen LogP contribution in [0.4, 0.5) is 0 Å². The van der Waals surface area contributed by atoms with Crippen molar-refractivity contribution in [1.29, 1.82) is 0 Å². The summed E-state index contributed by atoms with van der Waals surface area (Å²) in [7, 11) is 0. The molecule has 0 radical (unpaired) electrons. The van der Waals surface area contributed by atoms with Gasteiger partial charge in [-0.25, -0.2) is 4.79 Å². The van der Waals surface area contributed by atoms with Crippen molar-refractivity contribution >= 4 is 28.7 Å². The highest BCUT2D eigenvalue weighted by Crippen LogP contribution is 2.43. The Hall–Kier alpha value is -4.37. The number of carbonyl (C=O) groups is 1. The van der Waals surface area contributed by atoms with E-state index in [1.807, 2.05) is 0 Å². The second kappa shape index (κ2) is 7.89. The molecule has 3 aromatic rings. The molecule has 9 heteroatoms. The number of phenols is 1. The van der Waals surface area contributed by atoms with Gasteiger partial charge in [-0.3, -0.25) is 9.36 Å². The lowest BCUT2D eigenvalue weighted by Crippen LogP contribution is -2.05. The van der Waals surface area contributed by atoms with E-state index in [-0.39, 0.29) is 45.5 Å². The van der Waals surface area contributed by atoms with Crippen LogP contribution >= 0.6 is 11.8 Å². The molecular weight excluding hydrogens is 458 g/mol. The van der Waals surface area contributed by atoms with Crippen LogP contribution in [0.5, 0.6) is 17.5 Å². The summed E-state index contributed by atoms with van der Waals surface area (Å²) in [6, 6.07) is 14.6. The van der Waals surface area contributed by atoms with Gasteiger partial charge >= 0.3 is 5.97 Å². The first-order valence-electron chi connectivity index (χ1n) is 10.0. The molecule has 0 atom stereocenters. The van der Waals surface area contributed by atoms with Crippen LogP contribution < -0.4 is 5.43 Å². The number of nitrogens with zero attached hydrogens (tertiary/aromatic N) is 1. The number of fused-ring (bicyclic) bond motifs is 2. The Morgan fingerprint density at radius 2 is 1.71 bits per heavy atom.